The zero-order chi connectivity index (χ0) is 13.9. The van der Waals surface area contributed by atoms with Gasteiger partial charge in [-0.3, -0.25) is 0 Å². The van der Waals surface area contributed by atoms with Crippen molar-refractivity contribution in [3.8, 4) is 5.75 Å². The SMILES string of the molecule is FC(F)(F)Oc1ccc(CC2CCCC(Br)C2)cc1. The molecule has 1 nitrogen and oxygen atoms in total. The lowest BCUT2D eigenvalue weighted by atomic mass is 9.85. The van der Waals surface area contributed by atoms with Crippen molar-refractivity contribution in [2.75, 3.05) is 0 Å². The van der Waals surface area contributed by atoms with E-state index in [1.165, 1.54) is 31.4 Å². The molecule has 0 radical (unpaired) electrons. The summed E-state index contributed by atoms with van der Waals surface area (Å²) in [6.07, 6.45) is 1.08. The van der Waals surface area contributed by atoms with E-state index in [0.717, 1.165) is 18.4 Å². The Balaban J connectivity index is 1.91. The summed E-state index contributed by atoms with van der Waals surface area (Å²) in [7, 11) is 0. The minimum Gasteiger partial charge on any atom is -0.406 e. The van der Waals surface area contributed by atoms with Crippen molar-refractivity contribution in [3.05, 3.63) is 29.8 Å². The molecule has 2 unspecified atom stereocenters. The first-order chi connectivity index (χ1) is 8.92. The Morgan fingerprint density at radius 3 is 2.42 bits per heavy atom. The highest BCUT2D eigenvalue weighted by Crippen LogP contribution is 2.31. The monoisotopic (exact) mass is 336 g/mol. The van der Waals surface area contributed by atoms with Gasteiger partial charge in [-0.15, -0.1) is 13.2 Å². The van der Waals surface area contributed by atoms with Gasteiger partial charge in [-0.2, -0.15) is 0 Å². The maximum atomic E-state index is 12.0. The van der Waals surface area contributed by atoms with Gasteiger partial charge in [-0.25, -0.2) is 0 Å². The van der Waals surface area contributed by atoms with Gasteiger partial charge in [0.15, 0.2) is 0 Å². The summed E-state index contributed by atoms with van der Waals surface area (Å²) in [5.74, 6) is 0.464. The van der Waals surface area contributed by atoms with Crippen LogP contribution in [0.1, 0.15) is 31.2 Å². The van der Waals surface area contributed by atoms with Gasteiger partial charge in [0.05, 0.1) is 0 Å². The average Bonchev–Trinajstić information content (AvgIpc) is 2.30. The highest BCUT2D eigenvalue weighted by Gasteiger charge is 2.31. The molecule has 1 aromatic rings. The molecule has 0 heterocycles. The molecule has 0 N–H and O–H groups in total. The Morgan fingerprint density at radius 1 is 1.16 bits per heavy atom. The van der Waals surface area contributed by atoms with Crippen LogP contribution < -0.4 is 4.74 Å². The van der Waals surface area contributed by atoms with E-state index in [0.29, 0.717) is 10.7 Å². The van der Waals surface area contributed by atoms with Crippen LogP contribution in [-0.4, -0.2) is 11.2 Å². The molecule has 0 saturated heterocycles. The summed E-state index contributed by atoms with van der Waals surface area (Å²) >= 11 is 3.64. The van der Waals surface area contributed by atoms with Crippen molar-refractivity contribution >= 4 is 15.9 Å². The van der Waals surface area contributed by atoms with Crippen LogP contribution in [0.3, 0.4) is 0 Å². The molecule has 1 aliphatic carbocycles. The van der Waals surface area contributed by atoms with E-state index in [1.807, 2.05) is 0 Å². The van der Waals surface area contributed by atoms with Crippen LogP contribution in [0.25, 0.3) is 0 Å². The number of benzene rings is 1. The molecular weight excluding hydrogens is 321 g/mol. The van der Waals surface area contributed by atoms with Crippen LogP contribution in [0.15, 0.2) is 24.3 Å². The lowest BCUT2D eigenvalue weighted by Gasteiger charge is -2.25. The molecule has 2 atom stereocenters. The second kappa shape index (κ2) is 6.16. The Labute approximate surface area is 119 Å². The second-order valence-corrected chi connectivity index (χ2v) is 6.32. The number of hydrogen-bond acceptors (Lipinski definition) is 1. The van der Waals surface area contributed by atoms with Crippen molar-refractivity contribution in [2.24, 2.45) is 5.92 Å². The largest absolute Gasteiger partial charge is 0.573 e. The van der Waals surface area contributed by atoms with E-state index in [2.05, 4.69) is 20.7 Å². The topological polar surface area (TPSA) is 9.23 Å². The molecule has 0 spiro atoms. The molecule has 0 aliphatic heterocycles. The molecule has 106 valence electrons. The third-order valence-corrected chi connectivity index (χ3v) is 4.23. The van der Waals surface area contributed by atoms with Crippen molar-refractivity contribution in [2.45, 2.75) is 43.3 Å². The average molecular weight is 337 g/mol. The Morgan fingerprint density at radius 2 is 1.84 bits per heavy atom. The van der Waals surface area contributed by atoms with Crippen LogP contribution in [0.2, 0.25) is 0 Å². The van der Waals surface area contributed by atoms with Gasteiger partial charge in [-0.1, -0.05) is 40.9 Å². The molecule has 1 aromatic carbocycles. The fourth-order valence-electron chi connectivity index (χ4n) is 2.57. The third kappa shape index (κ3) is 5.05. The summed E-state index contributed by atoms with van der Waals surface area (Å²) in [5, 5.41) is 0. The zero-order valence-corrected chi connectivity index (χ0v) is 12.0. The summed E-state index contributed by atoms with van der Waals surface area (Å²) < 4.78 is 39.9. The lowest BCUT2D eigenvalue weighted by molar-refractivity contribution is -0.274. The molecular formula is C14H16BrF3O. The molecule has 0 bridgehead atoms. The zero-order valence-electron chi connectivity index (χ0n) is 10.4. The number of halogens is 4. The Hall–Kier alpha value is -0.710. The maximum Gasteiger partial charge on any atom is 0.573 e. The predicted octanol–water partition coefficient (Wildman–Crippen LogP) is 5.08. The van der Waals surface area contributed by atoms with Gasteiger partial charge in [0.1, 0.15) is 5.75 Å². The van der Waals surface area contributed by atoms with Gasteiger partial charge >= 0.3 is 6.36 Å². The summed E-state index contributed by atoms with van der Waals surface area (Å²) in [5.41, 5.74) is 1.07. The highest BCUT2D eigenvalue weighted by atomic mass is 79.9. The van der Waals surface area contributed by atoms with Gasteiger partial charge in [-0.05, 0) is 42.9 Å². The fourth-order valence-corrected chi connectivity index (χ4v) is 3.42. The lowest BCUT2D eigenvalue weighted by Crippen LogP contribution is -2.18. The standard InChI is InChI=1S/C14H16BrF3O/c15-12-3-1-2-11(9-12)8-10-4-6-13(7-5-10)19-14(16,17)18/h4-7,11-12H,1-3,8-9H2. The van der Waals surface area contributed by atoms with E-state index in [1.54, 1.807) is 12.1 Å². The first-order valence-corrected chi connectivity index (χ1v) is 7.33. The van der Waals surface area contributed by atoms with E-state index >= 15 is 0 Å². The van der Waals surface area contributed by atoms with Crippen molar-refractivity contribution in [3.63, 3.8) is 0 Å². The smallest absolute Gasteiger partial charge is 0.406 e. The van der Waals surface area contributed by atoms with Gasteiger partial charge in [0, 0.05) is 4.83 Å². The molecule has 2 rings (SSSR count). The Kier molecular flexibility index (Phi) is 4.76. The minimum atomic E-state index is -4.62. The number of rotatable bonds is 3. The first kappa shape index (κ1) is 14.7. The van der Waals surface area contributed by atoms with E-state index < -0.39 is 6.36 Å². The summed E-state index contributed by atoms with van der Waals surface area (Å²) in [6.45, 7) is 0. The van der Waals surface area contributed by atoms with Crippen LogP contribution in [-0.2, 0) is 6.42 Å². The number of alkyl halides is 4. The van der Waals surface area contributed by atoms with Crippen LogP contribution in [0.5, 0.6) is 5.75 Å². The maximum absolute atomic E-state index is 12.0. The van der Waals surface area contributed by atoms with E-state index in [-0.39, 0.29) is 5.75 Å². The molecule has 1 fully saturated rings. The molecule has 0 aromatic heterocycles. The van der Waals surface area contributed by atoms with Gasteiger partial charge < -0.3 is 4.74 Å². The van der Waals surface area contributed by atoms with Crippen LogP contribution in [0.4, 0.5) is 13.2 Å². The van der Waals surface area contributed by atoms with E-state index in [9.17, 15) is 13.2 Å². The predicted molar refractivity (Wildman–Crippen MR) is 71.5 cm³/mol. The number of hydrogen-bond donors (Lipinski definition) is 0. The van der Waals surface area contributed by atoms with Crippen molar-refractivity contribution in [1.29, 1.82) is 0 Å². The summed E-state index contributed by atoms with van der Waals surface area (Å²) in [6, 6.07) is 6.21. The molecule has 1 saturated carbocycles. The Bertz CT molecular complexity index is 402. The molecule has 19 heavy (non-hydrogen) atoms. The van der Waals surface area contributed by atoms with Crippen molar-refractivity contribution in [1.82, 2.24) is 0 Å². The molecule has 5 heteroatoms. The van der Waals surface area contributed by atoms with Crippen molar-refractivity contribution < 1.29 is 17.9 Å². The summed E-state index contributed by atoms with van der Waals surface area (Å²) in [4.78, 5) is 0.582. The van der Waals surface area contributed by atoms with E-state index in [4.69, 9.17) is 0 Å². The second-order valence-electron chi connectivity index (χ2n) is 5.03. The molecule has 1 aliphatic rings. The van der Waals surface area contributed by atoms with Gasteiger partial charge in [0.25, 0.3) is 0 Å². The fraction of sp³-hybridized carbons (Fsp3) is 0.571. The highest BCUT2D eigenvalue weighted by molar-refractivity contribution is 9.09. The normalized spacial score (nSPS) is 24.2. The van der Waals surface area contributed by atoms with Crippen LogP contribution >= 0.6 is 15.9 Å². The first-order valence-electron chi connectivity index (χ1n) is 6.41. The minimum absolute atomic E-state index is 0.154. The quantitative estimate of drug-likeness (QED) is 0.699. The third-order valence-electron chi connectivity index (χ3n) is 3.40. The molecule has 0 amide bonds. The van der Waals surface area contributed by atoms with Crippen LogP contribution in [0, 0.1) is 5.92 Å². The number of ether oxygens (including phenoxy) is 1. The van der Waals surface area contributed by atoms with Gasteiger partial charge in [0.2, 0.25) is 0 Å².